The second-order valence-electron chi connectivity index (χ2n) is 7.71. The van der Waals surface area contributed by atoms with E-state index in [2.05, 4.69) is 10.3 Å². The number of nitriles is 1. The van der Waals surface area contributed by atoms with E-state index >= 15 is 0 Å². The summed E-state index contributed by atoms with van der Waals surface area (Å²) in [5, 5.41) is 23.1. The number of fused-ring (bicyclic) bond motifs is 1. The molecule has 2 aromatic carbocycles. The van der Waals surface area contributed by atoms with Crippen molar-refractivity contribution < 1.29 is 9.90 Å². The zero-order valence-corrected chi connectivity index (χ0v) is 18.0. The molecule has 0 saturated carbocycles. The highest BCUT2D eigenvalue weighted by Gasteiger charge is 2.14. The molecular weight excluding hydrogens is 400 g/mol. The summed E-state index contributed by atoms with van der Waals surface area (Å²) < 4.78 is 2.02. The number of hydrogen-bond donors (Lipinski definition) is 3. The van der Waals surface area contributed by atoms with Crippen molar-refractivity contribution in [2.24, 2.45) is 0 Å². The quantitative estimate of drug-likeness (QED) is 0.313. The molecule has 32 heavy (non-hydrogen) atoms. The minimum atomic E-state index is -0.387. The van der Waals surface area contributed by atoms with Crippen LogP contribution in [0.2, 0.25) is 0 Å². The van der Waals surface area contributed by atoms with Gasteiger partial charge in [-0.15, -0.1) is 0 Å². The van der Waals surface area contributed by atoms with Gasteiger partial charge in [0.25, 0.3) is 5.91 Å². The van der Waals surface area contributed by atoms with E-state index in [1.165, 1.54) is 0 Å². The molecule has 4 rings (SSSR count). The van der Waals surface area contributed by atoms with Crippen LogP contribution in [0.1, 0.15) is 22.5 Å². The highest BCUT2D eigenvalue weighted by Crippen LogP contribution is 2.24. The van der Waals surface area contributed by atoms with Crippen LogP contribution >= 0.6 is 0 Å². The lowest BCUT2D eigenvalue weighted by molar-refractivity contribution is -0.117. The van der Waals surface area contributed by atoms with Crippen LogP contribution in [-0.2, 0) is 11.2 Å². The van der Waals surface area contributed by atoms with Gasteiger partial charge in [-0.05, 0) is 73.9 Å². The molecule has 0 saturated heterocycles. The zero-order valence-electron chi connectivity index (χ0n) is 18.0. The second kappa shape index (κ2) is 8.86. The number of carbonyl (C=O) groups is 1. The average molecular weight is 425 g/mol. The van der Waals surface area contributed by atoms with Crippen LogP contribution in [-0.4, -0.2) is 27.1 Å². The molecule has 0 fully saturated rings. The molecule has 0 atom stereocenters. The Morgan fingerprint density at radius 3 is 2.69 bits per heavy atom. The Morgan fingerprint density at radius 1 is 1.19 bits per heavy atom. The van der Waals surface area contributed by atoms with Gasteiger partial charge in [-0.25, -0.2) is 0 Å². The fraction of sp³-hybridized carbons (Fsp3) is 0.154. The van der Waals surface area contributed by atoms with Gasteiger partial charge >= 0.3 is 0 Å². The number of aryl methyl sites for hydroxylation is 1. The van der Waals surface area contributed by atoms with Crippen molar-refractivity contribution in [2.45, 2.75) is 20.3 Å². The van der Waals surface area contributed by atoms with Crippen molar-refractivity contribution in [3.05, 3.63) is 88.9 Å². The smallest absolute Gasteiger partial charge is 0.261 e. The standard InChI is InChI=1S/C26H24N4O2/c1-17-13-20(18(2)30(17)22-7-9-23(31)10-8-22)14-21(15-27)26(32)28-12-11-19-16-29-25-6-4-3-5-24(19)25/h3-10,13-14,16,29,31H,11-12H2,1-2H3,(H,28,32)/b21-14+. The van der Waals surface area contributed by atoms with Crippen LogP contribution in [0, 0.1) is 25.2 Å². The van der Waals surface area contributed by atoms with E-state index in [-0.39, 0.29) is 17.2 Å². The van der Waals surface area contributed by atoms with Gasteiger partial charge in [0.15, 0.2) is 0 Å². The summed E-state index contributed by atoms with van der Waals surface area (Å²) in [5.74, 6) is -0.186. The maximum atomic E-state index is 12.6. The Bertz CT molecular complexity index is 1350. The number of aromatic hydroxyl groups is 1. The molecule has 3 N–H and O–H groups in total. The van der Waals surface area contributed by atoms with Gasteiger partial charge in [0, 0.05) is 40.7 Å². The third kappa shape index (κ3) is 4.14. The van der Waals surface area contributed by atoms with Gasteiger partial charge in [-0.3, -0.25) is 4.79 Å². The first kappa shape index (κ1) is 21.0. The normalized spacial score (nSPS) is 11.5. The van der Waals surface area contributed by atoms with Crippen LogP contribution < -0.4 is 5.32 Å². The number of benzene rings is 2. The van der Waals surface area contributed by atoms with Crippen LogP contribution in [0.3, 0.4) is 0 Å². The van der Waals surface area contributed by atoms with Crippen LogP contribution in [0.4, 0.5) is 0 Å². The number of aromatic amines is 1. The van der Waals surface area contributed by atoms with Crippen molar-refractivity contribution >= 4 is 22.9 Å². The topological polar surface area (TPSA) is 93.8 Å². The minimum Gasteiger partial charge on any atom is -0.508 e. The molecule has 4 aromatic rings. The number of phenols is 1. The SMILES string of the molecule is Cc1cc(/C=C(\C#N)C(=O)NCCc2c[nH]c3ccccc23)c(C)n1-c1ccc(O)cc1. The number of rotatable bonds is 6. The summed E-state index contributed by atoms with van der Waals surface area (Å²) in [4.78, 5) is 15.9. The van der Waals surface area contributed by atoms with E-state index in [1.54, 1.807) is 18.2 Å². The van der Waals surface area contributed by atoms with Crippen LogP contribution in [0.25, 0.3) is 22.7 Å². The number of para-hydroxylation sites is 1. The van der Waals surface area contributed by atoms with E-state index in [9.17, 15) is 15.2 Å². The van der Waals surface area contributed by atoms with E-state index in [0.29, 0.717) is 13.0 Å². The van der Waals surface area contributed by atoms with Gasteiger partial charge in [0.2, 0.25) is 0 Å². The lowest BCUT2D eigenvalue weighted by atomic mass is 10.1. The Hall–Kier alpha value is -4.24. The fourth-order valence-corrected chi connectivity index (χ4v) is 3.98. The highest BCUT2D eigenvalue weighted by molar-refractivity contribution is 6.01. The molecular formula is C26H24N4O2. The first-order valence-corrected chi connectivity index (χ1v) is 10.4. The molecule has 6 nitrogen and oxygen atoms in total. The summed E-state index contributed by atoms with van der Waals surface area (Å²) >= 11 is 0. The summed E-state index contributed by atoms with van der Waals surface area (Å²) in [6.07, 6.45) is 4.25. The van der Waals surface area contributed by atoms with E-state index in [0.717, 1.165) is 39.1 Å². The van der Waals surface area contributed by atoms with E-state index in [1.807, 2.05) is 73.1 Å². The van der Waals surface area contributed by atoms with Gasteiger partial charge in [-0.1, -0.05) is 18.2 Å². The summed E-state index contributed by atoms with van der Waals surface area (Å²) in [6, 6.07) is 18.9. The highest BCUT2D eigenvalue weighted by atomic mass is 16.3. The monoisotopic (exact) mass is 424 g/mol. The van der Waals surface area contributed by atoms with Gasteiger partial charge in [0.1, 0.15) is 17.4 Å². The van der Waals surface area contributed by atoms with Crippen molar-refractivity contribution in [1.29, 1.82) is 5.26 Å². The van der Waals surface area contributed by atoms with E-state index < -0.39 is 0 Å². The molecule has 0 bridgehead atoms. The van der Waals surface area contributed by atoms with Gasteiger partial charge in [-0.2, -0.15) is 5.26 Å². The molecule has 0 aliphatic rings. The number of nitrogens with zero attached hydrogens (tertiary/aromatic N) is 2. The van der Waals surface area contributed by atoms with Gasteiger partial charge in [0.05, 0.1) is 0 Å². The molecule has 0 aliphatic carbocycles. The van der Waals surface area contributed by atoms with Crippen molar-refractivity contribution in [3.8, 4) is 17.5 Å². The fourth-order valence-electron chi connectivity index (χ4n) is 3.98. The van der Waals surface area contributed by atoms with E-state index in [4.69, 9.17) is 0 Å². The van der Waals surface area contributed by atoms with Crippen molar-refractivity contribution in [3.63, 3.8) is 0 Å². The summed E-state index contributed by atoms with van der Waals surface area (Å²) in [7, 11) is 0. The summed E-state index contributed by atoms with van der Waals surface area (Å²) in [6.45, 7) is 4.34. The average Bonchev–Trinajstić information content (AvgIpc) is 3.33. The number of amides is 1. The lowest BCUT2D eigenvalue weighted by Crippen LogP contribution is -2.26. The number of hydrogen-bond acceptors (Lipinski definition) is 3. The first-order chi connectivity index (χ1) is 15.5. The molecule has 1 amide bonds. The number of nitrogens with one attached hydrogen (secondary N) is 2. The Balaban J connectivity index is 1.49. The Morgan fingerprint density at radius 2 is 1.94 bits per heavy atom. The Kier molecular flexibility index (Phi) is 5.82. The predicted molar refractivity (Wildman–Crippen MR) is 126 cm³/mol. The molecule has 6 heteroatoms. The summed E-state index contributed by atoms with van der Waals surface area (Å²) in [5.41, 5.74) is 5.84. The molecule has 0 spiro atoms. The number of phenolic OH excluding ortho intramolecular Hbond substituents is 1. The number of carbonyl (C=O) groups excluding carboxylic acids is 1. The molecule has 2 heterocycles. The molecule has 160 valence electrons. The number of H-pyrrole nitrogens is 1. The molecule has 0 radical (unpaired) electrons. The van der Waals surface area contributed by atoms with Crippen LogP contribution in [0.5, 0.6) is 5.75 Å². The minimum absolute atomic E-state index is 0.0647. The molecule has 2 aromatic heterocycles. The molecule has 0 unspecified atom stereocenters. The first-order valence-electron chi connectivity index (χ1n) is 10.4. The largest absolute Gasteiger partial charge is 0.508 e. The maximum Gasteiger partial charge on any atom is 0.261 e. The lowest BCUT2D eigenvalue weighted by Gasteiger charge is -2.09. The maximum absolute atomic E-state index is 12.6. The third-order valence-corrected chi connectivity index (χ3v) is 5.60. The van der Waals surface area contributed by atoms with Crippen LogP contribution in [0.15, 0.2) is 66.4 Å². The van der Waals surface area contributed by atoms with Gasteiger partial charge < -0.3 is 20.0 Å². The van der Waals surface area contributed by atoms with Crippen molar-refractivity contribution in [2.75, 3.05) is 6.54 Å². The zero-order chi connectivity index (χ0) is 22.7. The van der Waals surface area contributed by atoms with Crippen molar-refractivity contribution in [1.82, 2.24) is 14.9 Å². The molecule has 0 aliphatic heterocycles. The second-order valence-corrected chi connectivity index (χ2v) is 7.71. The predicted octanol–water partition coefficient (Wildman–Crippen LogP) is 4.55. The Labute approximate surface area is 186 Å². The third-order valence-electron chi connectivity index (χ3n) is 5.60. The number of aromatic nitrogens is 2.